The van der Waals surface area contributed by atoms with Gasteiger partial charge in [-0.15, -0.1) is 0 Å². The maximum absolute atomic E-state index is 12.9. The average Bonchev–Trinajstić information content (AvgIpc) is 3.46. The molecule has 1 aliphatic carbocycles. The summed E-state index contributed by atoms with van der Waals surface area (Å²) in [6.07, 6.45) is 1.27. The molecule has 0 radical (unpaired) electrons. The molecule has 2 fully saturated rings. The van der Waals surface area contributed by atoms with Gasteiger partial charge in [0.05, 0.1) is 23.5 Å². The molecule has 53 heavy (non-hydrogen) atoms. The predicted octanol–water partition coefficient (Wildman–Crippen LogP) is 4.50. The van der Waals surface area contributed by atoms with E-state index >= 15 is 0 Å². The second kappa shape index (κ2) is 15.0. The molecule has 0 unspecified atom stereocenters. The Labute approximate surface area is 294 Å². The number of alkyl halides is 6. The molecule has 2 aliphatic rings. The van der Waals surface area contributed by atoms with Crippen LogP contribution in [-0.2, 0) is 16.6 Å². The van der Waals surface area contributed by atoms with Gasteiger partial charge in [0.25, 0.3) is 5.91 Å². The van der Waals surface area contributed by atoms with Gasteiger partial charge in [0, 0.05) is 85.7 Å². The molecule has 3 N–H and O–H groups in total. The van der Waals surface area contributed by atoms with E-state index in [9.17, 15) is 36.4 Å². The minimum absolute atomic E-state index is 0.0206. The fourth-order valence-electron chi connectivity index (χ4n) is 5.23. The van der Waals surface area contributed by atoms with E-state index < -0.39 is 24.3 Å². The number of piperazine rings is 1. The van der Waals surface area contributed by atoms with Crippen LogP contribution in [0.25, 0.3) is 27.8 Å². The van der Waals surface area contributed by atoms with Crippen molar-refractivity contribution in [2.24, 2.45) is 7.05 Å². The number of anilines is 1. The molecule has 278 valence electrons. The van der Waals surface area contributed by atoms with Gasteiger partial charge in [-0.05, 0) is 37.1 Å². The summed E-state index contributed by atoms with van der Waals surface area (Å²) < 4.78 is 67.0. The molecule has 0 atom stereocenters. The van der Waals surface area contributed by atoms with Gasteiger partial charge in [-0.2, -0.15) is 46.9 Å². The Morgan fingerprint density at radius 3 is 2.02 bits per heavy atom. The van der Waals surface area contributed by atoms with Gasteiger partial charge in [-0.1, -0.05) is 0 Å². The number of rotatable bonds is 5. The van der Waals surface area contributed by atoms with Crippen LogP contribution in [0.4, 0.5) is 32.2 Å². The summed E-state index contributed by atoms with van der Waals surface area (Å²) in [5.41, 5.74) is 6.51. The summed E-state index contributed by atoms with van der Waals surface area (Å²) in [5.74, 6) is -4.14. The highest BCUT2D eigenvalue weighted by atomic mass is 19.4. The molecule has 0 aromatic carbocycles. The largest absolute Gasteiger partial charge is 0.490 e. The number of nitrogens with one attached hydrogen (secondary N) is 1. The predicted molar refractivity (Wildman–Crippen MR) is 171 cm³/mol. The molecule has 0 spiro atoms. The molecular formula is C32H28F6N10O5. The SMILES string of the molecule is Cn1cc(-c2cc(-c3ccc(N4CCN(C(=O)c5cc(C6CC6)[nH]n5)CC4)nc3)c3c(C#N)cnn3c2)cn1.O=C(O)C(F)(F)F.O=C(O)C(F)(F)F. The van der Waals surface area contributed by atoms with Crippen LogP contribution in [0, 0.1) is 11.3 Å². The quantitative estimate of drug-likeness (QED) is 0.214. The van der Waals surface area contributed by atoms with Crippen molar-refractivity contribution in [1.82, 2.24) is 39.5 Å². The van der Waals surface area contributed by atoms with Crippen molar-refractivity contribution in [3.8, 4) is 28.3 Å². The van der Waals surface area contributed by atoms with E-state index in [-0.39, 0.29) is 5.91 Å². The number of halogens is 6. The molecule has 1 aliphatic heterocycles. The van der Waals surface area contributed by atoms with Crippen LogP contribution in [0.1, 0.15) is 40.5 Å². The summed E-state index contributed by atoms with van der Waals surface area (Å²) in [6.45, 7) is 2.62. The number of nitrogens with zero attached hydrogens (tertiary/aromatic N) is 9. The highest BCUT2D eigenvalue weighted by Crippen LogP contribution is 2.39. The maximum atomic E-state index is 12.9. The van der Waals surface area contributed by atoms with Crippen molar-refractivity contribution in [2.45, 2.75) is 31.1 Å². The maximum Gasteiger partial charge on any atom is 0.490 e. The molecule has 7 rings (SSSR count). The number of nitriles is 1. The number of carboxylic acid groups (broad SMARTS) is 2. The van der Waals surface area contributed by atoms with Crippen molar-refractivity contribution in [1.29, 1.82) is 5.26 Å². The van der Waals surface area contributed by atoms with Crippen molar-refractivity contribution in [3.63, 3.8) is 0 Å². The van der Waals surface area contributed by atoms with Gasteiger partial charge in [0.1, 0.15) is 17.6 Å². The zero-order valence-corrected chi connectivity index (χ0v) is 27.4. The van der Waals surface area contributed by atoms with Crippen LogP contribution < -0.4 is 4.90 Å². The number of carboxylic acids is 2. The standard InChI is InChI=1S/C28H26N10O.2C2HF3O2/c1-35-16-22(15-31-35)20-10-23(27-21(12-29)14-32-38(27)17-20)19-4-5-26(30-13-19)36-6-8-37(9-7-36)28(39)25-11-24(33-34-25)18-2-3-18;2*3-2(4,5)1(6)7/h4-5,10-11,13-18H,2-3,6-9H2,1H3,(H,33,34);2*(H,6,7). The van der Waals surface area contributed by atoms with Crippen LogP contribution in [0.2, 0.25) is 0 Å². The van der Waals surface area contributed by atoms with E-state index in [1.807, 2.05) is 54.9 Å². The molecule has 21 heteroatoms. The number of H-pyrrole nitrogens is 1. The Morgan fingerprint density at radius 2 is 1.51 bits per heavy atom. The first-order valence-corrected chi connectivity index (χ1v) is 15.5. The van der Waals surface area contributed by atoms with Crippen LogP contribution in [0.5, 0.6) is 0 Å². The van der Waals surface area contributed by atoms with E-state index in [1.54, 1.807) is 15.4 Å². The summed E-state index contributed by atoms with van der Waals surface area (Å²) in [4.78, 5) is 39.6. The number of aliphatic carboxylic acids is 2. The van der Waals surface area contributed by atoms with Crippen LogP contribution in [0.15, 0.2) is 55.2 Å². The Balaban J connectivity index is 0.000000330. The number of amides is 1. The second-order valence-electron chi connectivity index (χ2n) is 11.8. The topological polar surface area (TPSA) is 199 Å². The lowest BCUT2D eigenvalue weighted by Gasteiger charge is -2.35. The van der Waals surface area contributed by atoms with Gasteiger partial charge in [-0.3, -0.25) is 14.6 Å². The number of carbonyl (C=O) groups excluding carboxylic acids is 1. The first-order chi connectivity index (χ1) is 25.0. The van der Waals surface area contributed by atoms with E-state index in [1.165, 1.54) is 12.8 Å². The summed E-state index contributed by atoms with van der Waals surface area (Å²) >= 11 is 0. The van der Waals surface area contributed by atoms with E-state index in [0.717, 1.165) is 39.3 Å². The molecule has 6 heterocycles. The van der Waals surface area contributed by atoms with Gasteiger partial charge in [0.2, 0.25) is 0 Å². The summed E-state index contributed by atoms with van der Waals surface area (Å²) in [7, 11) is 1.88. The minimum Gasteiger partial charge on any atom is -0.475 e. The zero-order chi connectivity index (χ0) is 38.7. The van der Waals surface area contributed by atoms with Gasteiger partial charge in [0.15, 0.2) is 0 Å². The Morgan fingerprint density at radius 1 is 0.868 bits per heavy atom. The third-order valence-corrected chi connectivity index (χ3v) is 8.04. The van der Waals surface area contributed by atoms with Gasteiger partial charge in [-0.25, -0.2) is 19.1 Å². The molecule has 1 saturated heterocycles. The lowest BCUT2D eigenvalue weighted by Crippen LogP contribution is -2.49. The fraction of sp³-hybridized carbons (Fsp3) is 0.312. The van der Waals surface area contributed by atoms with Crippen molar-refractivity contribution < 1.29 is 50.9 Å². The summed E-state index contributed by atoms with van der Waals surface area (Å²) in [5, 5.41) is 39.9. The molecule has 1 saturated carbocycles. The Bertz CT molecular complexity index is 2130. The first kappa shape index (κ1) is 37.8. The normalized spacial score (nSPS) is 14.5. The second-order valence-corrected chi connectivity index (χ2v) is 11.8. The molecular weight excluding hydrogens is 718 g/mol. The lowest BCUT2D eigenvalue weighted by atomic mass is 10.0. The third-order valence-electron chi connectivity index (χ3n) is 8.04. The Hall–Kier alpha value is -6.46. The number of aromatic nitrogens is 7. The third kappa shape index (κ3) is 9.07. The number of aromatic amines is 1. The number of fused-ring (bicyclic) bond motifs is 1. The molecule has 0 bridgehead atoms. The number of hydrogen-bond acceptors (Lipinski definition) is 9. The molecule has 1 amide bonds. The van der Waals surface area contributed by atoms with Gasteiger partial charge < -0.3 is 20.0 Å². The first-order valence-electron chi connectivity index (χ1n) is 15.5. The van der Waals surface area contributed by atoms with Crippen LogP contribution in [-0.4, -0.2) is 106 Å². The number of aryl methyl sites for hydroxylation is 1. The van der Waals surface area contributed by atoms with Crippen molar-refractivity contribution >= 4 is 29.2 Å². The highest BCUT2D eigenvalue weighted by Gasteiger charge is 2.39. The van der Waals surface area contributed by atoms with E-state index in [0.29, 0.717) is 43.4 Å². The average molecular weight is 747 g/mol. The van der Waals surface area contributed by atoms with E-state index in [2.05, 4.69) is 37.4 Å². The summed E-state index contributed by atoms with van der Waals surface area (Å²) in [6, 6.07) is 10.2. The minimum atomic E-state index is -5.08. The van der Waals surface area contributed by atoms with Crippen molar-refractivity contribution in [3.05, 3.63) is 72.2 Å². The molecule has 15 nitrogen and oxygen atoms in total. The zero-order valence-electron chi connectivity index (χ0n) is 27.4. The van der Waals surface area contributed by atoms with Crippen LogP contribution >= 0.6 is 0 Å². The number of hydrogen-bond donors (Lipinski definition) is 3. The van der Waals surface area contributed by atoms with Crippen LogP contribution in [0.3, 0.4) is 0 Å². The molecule has 5 aromatic heterocycles. The lowest BCUT2D eigenvalue weighted by molar-refractivity contribution is -0.193. The van der Waals surface area contributed by atoms with E-state index in [4.69, 9.17) is 24.8 Å². The number of pyridine rings is 2. The monoisotopic (exact) mass is 746 g/mol. The highest BCUT2D eigenvalue weighted by molar-refractivity contribution is 5.92. The Kier molecular flexibility index (Phi) is 10.7. The molecule has 5 aromatic rings. The van der Waals surface area contributed by atoms with Crippen molar-refractivity contribution in [2.75, 3.05) is 31.1 Å². The van der Waals surface area contributed by atoms with Gasteiger partial charge >= 0.3 is 24.3 Å². The fourth-order valence-corrected chi connectivity index (χ4v) is 5.23. The number of carbonyl (C=O) groups is 3. The smallest absolute Gasteiger partial charge is 0.475 e.